The number of aliphatic hydroxyl groups excluding tert-OH is 1. The first-order chi connectivity index (χ1) is 23.7. The van der Waals surface area contributed by atoms with Crippen LogP contribution in [0.1, 0.15) is 50.5 Å². The number of anilines is 1. The zero-order valence-electron chi connectivity index (χ0n) is 27.2. The van der Waals surface area contributed by atoms with Gasteiger partial charge in [-0.05, 0) is 54.2 Å². The van der Waals surface area contributed by atoms with Crippen molar-refractivity contribution < 1.29 is 38.6 Å². The predicted molar refractivity (Wildman–Crippen MR) is 182 cm³/mol. The third kappa shape index (κ3) is 9.89. The average molecular weight is 671 g/mol. The van der Waals surface area contributed by atoms with Crippen LogP contribution < -0.4 is 21.3 Å². The summed E-state index contributed by atoms with van der Waals surface area (Å²) in [5, 5.41) is 22.8. The van der Waals surface area contributed by atoms with Gasteiger partial charge in [0, 0.05) is 12.1 Å². The molecule has 1 fully saturated rings. The molecule has 4 amide bonds. The van der Waals surface area contributed by atoms with Crippen molar-refractivity contribution in [1.82, 2.24) is 16.0 Å². The van der Waals surface area contributed by atoms with Gasteiger partial charge in [0.05, 0.1) is 18.1 Å². The third-order valence-corrected chi connectivity index (χ3v) is 8.86. The van der Waals surface area contributed by atoms with Crippen LogP contribution in [0.3, 0.4) is 0 Å². The van der Waals surface area contributed by atoms with E-state index >= 15 is 0 Å². The second-order valence-corrected chi connectivity index (χ2v) is 12.5. The molecule has 1 saturated carbocycles. The number of carbonyl (C=O) groups excluding carboxylic acids is 5. The van der Waals surface area contributed by atoms with Crippen molar-refractivity contribution in [2.45, 2.75) is 69.2 Å². The third-order valence-electron chi connectivity index (χ3n) is 8.86. The molecule has 3 unspecified atom stereocenters. The molecule has 3 aromatic rings. The highest BCUT2D eigenvalue weighted by atomic mass is 16.6. The number of fused-ring (bicyclic) bond motifs is 1. The van der Waals surface area contributed by atoms with Gasteiger partial charge in [0.25, 0.3) is 5.91 Å². The van der Waals surface area contributed by atoms with Crippen LogP contribution in [0.2, 0.25) is 0 Å². The Morgan fingerprint density at radius 3 is 2.39 bits per heavy atom. The Morgan fingerprint density at radius 1 is 0.918 bits per heavy atom. The lowest BCUT2D eigenvalue weighted by molar-refractivity contribution is -0.148. The maximum Gasteiger partial charge on any atom is 0.408 e. The summed E-state index contributed by atoms with van der Waals surface area (Å²) < 4.78 is 10.8. The minimum absolute atomic E-state index is 0.00532. The highest BCUT2D eigenvalue weighted by molar-refractivity contribution is 6.00. The van der Waals surface area contributed by atoms with E-state index in [2.05, 4.69) is 21.3 Å². The van der Waals surface area contributed by atoms with Gasteiger partial charge in [0.15, 0.2) is 0 Å². The van der Waals surface area contributed by atoms with Crippen LogP contribution in [0, 0.1) is 5.92 Å². The molecule has 258 valence electrons. The summed E-state index contributed by atoms with van der Waals surface area (Å²) in [5.74, 6) is -3.29. The van der Waals surface area contributed by atoms with Crippen LogP contribution in [0.15, 0.2) is 84.9 Å². The first kappa shape index (κ1) is 35.1. The quantitative estimate of drug-likeness (QED) is 0.169. The first-order valence-corrected chi connectivity index (χ1v) is 16.5. The fraction of sp³-hybridized carbons (Fsp3) is 0.378. The van der Waals surface area contributed by atoms with Gasteiger partial charge >= 0.3 is 12.1 Å². The van der Waals surface area contributed by atoms with E-state index in [1.807, 2.05) is 48.5 Å². The van der Waals surface area contributed by atoms with Crippen molar-refractivity contribution in [1.29, 1.82) is 0 Å². The van der Waals surface area contributed by atoms with E-state index in [0.29, 0.717) is 18.5 Å². The number of hydrogen-bond acceptors (Lipinski definition) is 8. The smallest absolute Gasteiger partial charge is 0.408 e. The summed E-state index contributed by atoms with van der Waals surface area (Å²) in [5.41, 5.74) is 0.530. The SMILES string of the molecule is O=C(CC1CC=CCC(NC(=O)OCc2ccccc2)C(=O)OCC(C(=O)Nc2ccc3ccccc3c2)NC1=O)NC1(CO)CCCC1. The summed E-state index contributed by atoms with van der Waals surface area (Å²) in [6.45, 7) is -0.730. The van der Waals surface area contributed by atoms with E-state index in [0.717, 1.165) is 29.2 Å². The van der Waals surface area contributed by atoms with E-state index in [9.17, 15) is 29.1 Å². The van der Waals surface area contributed by atoms with Gasteiger partial charge in [-0.15, -0.1) is 0 Å². The van der Waals surface area contributed by atoms with Gasteiger partial charge < -0.3 is 35.8 Å². The molecular formula is C37H42N4O8. The standard InChI is InChI=1S/C37H42N4O8/c42-24-37(18-8-9-19-37)41-32(43)21-28-14-6-7-15-30(40-36(47)49-22-25-10-2-1-3-11-25)35(46)48-23-31(39-33(28)44)34(45)38-29-17-16-26-12-4-5-13-27(26)20-29/h1-7,10-13,16-17,20,28,30-31,42H,8-9,14-15,18-19,21-24H2,(H,38,45)(H,39,44)(H,40,47)(H,41,43). The summed E-state index contributed by atoms with van der Waals surface area (Å²) in [4.78, 5) is 66.1. The summed E-state index contributed by atoms with van der Waals surface area (Å²) in [6, 6.07) is 19.6. The molecule has 0 spiro atoms. The number of aliphatic hydroxyl groups is 1. The number of alkyl carbamates (subject to hydrolysis) is 1. The molecule has 5 N–H and O–H groups in total. The normalized spacial score (nSPS) is 21.0. The van der Waals surface area contributed by atoms with Crippen LogP contribution in [-0.4, -0.2) is 65.7 Å². The van der Waals surface area contributed by atoms with E-state index in [-0.39, 0.29) is 38.4 Å². The lowest BCUT2D eigenvalue weighted by Gasteiger charge is -2.29. The number of carbonyl (C=O) groups is 5. The van der Waals surface area contributed by atoms with E-state index in [1.165, 1.54) is 0 Å². The number of amides is 4. The maximum atomic E-state index is 13.6. The number of benzene rings is 3. The fourth-order valence-corrected chi connectivity index (χ4v) is 6.08. The molecule has 1 aliphatic heterocycles. The Hall–Kier alpha value is -5.23. The van der Waals surface area contributed by atoms with Crippen molar-refractivity contribution in [2.24, 2.45) is 5.92 Å². The molecule has 2 aliphatic rings. The zero-order chi connectivity index (χ0) is 34.6. The minimum atomic E-state index is -1.32. The largest absolute Gasteiger partial charge is 0.461 e. The molecule has 1 heterocycles. The molecule has 3 atom stereocenters. The summed E-state index contributed by atoms with van der Waals surface area (Å²) in [7, 11) is 0. The second kappa shape index (κ2) is 16.7. The topological polar surface area (TPSA) is 172 Å². The highest BCUT2D eigenvalue weighted by Gasteiger charge is 2.36. The molecule has 12 heteroatoms. The van der Waals surface area contributed by atoms with Crippen LogP contribution >= 0.6 is 0 Å². The van der Waals surface area contributed by atoms with Crippen molar-refractivity contribution in [3.05, 3.63) is 90.5 Å². The van der Waals surface area contributed by atoms with E-state index < -0.39 is 54.0 Å². The Morgan fingerprint density at radius 2 is 1.63 bits per heavy atom. The number of nitrogens with one attached hydrogen (secondary N) is 4. The molecule has 49 heavy (non-hydrogen) atoms. The van der Waals surface area contributed by atoms with E-state index in [4.69, 9.17) is 9.47 Å². The molecule has 5 rings (SSSR count). The Balaban J connectivity index is 1.32. The lowest BCUT2D eigenvalue weighted by atomic mass is 9.95. The van der Waals surface area contributed by atoms with Gasteiger partial charge in [-0.25, -0.2) is 9.59 Å². The van der Waals surface area contributed by atoms with Gasteiger partial charge in [0.1, 0.15) is 25.3 Å². The van der Waals surface area contributed by atoms with E-state index in [1.54, 1.807) is 36.4 Å². The van der Waals surface area contributed by atoms with Crippen LogP contribution in [-0.2, 0) is 35.3 Å². The van der Waals surface area contributed by atoms with Crippen molar-refractivity contribution in [3.63, 3.8) is 0 Å². The highest BCUT2D eigenvalue weighted by Crippen LogP contribution is 2.29. The molecule has 0 aromatic heterocycles. The molecule has 12 nitrogen and oxygen atoms in total. The van der Waals surface area contributed by atoms with Crippen LogP contribution in [0.5, 0.6) is 0 Å². The number of cyclic esters (lactones) is 1. The molecule has 0 bridgehead atoms. The Bertz CT molecular complexity index is 1670. The lowest BCUT2D eigenvalue weighted by Crippen LogP contribution is -2.52. The second-order valence-electron chi connectivity index (χ2n) is 12.5. The fourth-order valence-electron chi connectivity index (χ4n) is 6.08. The van der Waals surface area contributed by atoms with Crippen LogP contribution in [0.25, 0.3) is 10.8 Å². The molecule has 3 aromatic carbocycles. The summed E-state index contributed by atoms with van der Waals surface area (Å²) >= 11 is 0. The first-order valence-electron chi connectivity index (χ1n) is 16.5. The van der Waals surface area contributed by atoms with Crippen molar-refractivity contribution in [3.8, 4) is 0 Å². The molecule has 1 aliphatic carbocycles. The summed E-state index contributed by atoms with van der Waals surface area (Å²) in [6.07, 6.45) is 5.45. The monoisotopic (exact) mass is 670 g/mol. The number of esters is 1. The predicted octanol–water partition coefficient (Wildman–Crippen LogP) is 3.88. The molecule has 0 radical (unpaired) electrons. The molecule has 0 saturated heterocycles. The number of allylic oxidation sites excluding steroid dienone is 1. The van der Waals surface area contributed by atoms with Crippen molar-refractivity contribution in [2.75, 3.05) is 18.5 Å². The van der Waals surface area contributed by atoms with Gasteiger partial charge in [-0.3, -0.25) is 14.4 Å². The maximum absolute atomic E-state index is 13.6. The van der Waals surface area contributed by atoms with Gasteiger partial charge in [-0.1, -0.05) is 85.7 Å². The van der Waals surface area contributed by atoms with Gasteiger partial charge in [0.2, 0.25) is 11.8 Å². The minimum Gasteiger partial charge on any atom is -0.461 e. The zero-order valence-corrected chi connectivity index (χ0v) is 27.2. The molecular weight excluding hydrogens is 628 g/mol. The number of hydrogen-bond donors (Lipinski definition) is 5. The van der Waals surface area contributed by atoms with Crippen LogP contribution in [0.4, 0.5) is 10.5 Å². The number of rotatable bonds is 9. The number of ether oxygens (including phenoxy) is 2. The Kier molecular flexibility index (Phi) is 12.0. The Labute approximate surface area is 284 Å². The van der Waals surface area contributed by atoms with Crippen molar-refractivity contribution >= 4 is 46.2 Å². The van der Waals surface area contributed by atoms with Gasteiger partial charge in [-0.2, -0.15) is 0 Å². The average Bonchev–Trinajstić information content (AvgIpc) is 3.58.